The second kappa shape index (κ2) is 8.96. The van der Waals surface area contributed by atoms with Gasteiger partial charge in [0.2, 0.25) is 5.91 Å². The molecule has 4 rings (SSSR count). The molecule has 3 aromatic rings. The summed E-state index contributed by atoms with van der Waals surface area (Å²) in [5.41, 5.74) is 1.31. The van der Waals surface area contributed by atoms with Gasteiger partial charge >= 0.3 is 0 Å². The summed E-state index contributed by atoms with van der Waals surface area (Å²) in [4.78, 5) is 32.5. The molecule has 1 fully saturated rings. The molecule has 0 saturated carbocycles. The highest BCUT2D eigenvalue weighted by Gasteiger charge is 2.16. The summed E-state index contributed by atoms with van der Waals surface area (Å²) in [7, 11) is 0. The largest absolute Gasteiger partial charge is 0.315 e. The van der Waals surface area contributed by atoms with Gasteiger partial charge in [-0.1, -0.05) is 6.07 Å². The van der Waals surface area contributed by atoms with E-state index in [1.165, 1.54) is 11.3 Å². The standard InChI is InChI=1S/C19H21N7OS/c27-17(13-26-9-3-5-20-7-10-26)24-16-12-15(19-22-8-11-28-19)23-18(25-16)14-4-1-2-6-21-14/h1-2,4,6,8,11-12,20H,3,5,7,9-10,13H2,(H,23,24,25,27). The number of nitrogens with one attached hydrogen (secondary N) is 2. The molecule has 1 aliphatic heterocycles. The van der Waals surface area contributed by atoms with Crippen LogP contribution in [0, 0.1) is 0 Å². The number of thiazole rings is 1. The molecule has 0 radical (unpaired) electrons. The van der Waals surface area contributed by atoms with Crippen molar-refractivity contribution in [3.63, 3.8) is 0 Å². The van der Waals surface area contributed by atoms with Crippen LogP contribution in [-0.4, -0.2) is 63.5 Å². The van der Waals surface area contributed by atoms with Gasteiger partial charge in [-0.15, -0.1) is 11.3 Å². The number of aromatic nitrogens is 4. The van der Waals surface area contributed by atoms with E-state index in [1.54, 1.807) is 18.5 Å². The molecule has 4 heterocycles. The van der Waals surface area contributed by atoms with Crippen molar-refractivity contribution in [3.8, 4) is 22.2 Å². The molecule has 1 saturated heterocycles. The van der Waals surface area contributed by atoms with Gasteiger partial charge in [0.1, 0.15) is 22.2 Å². The summed E-state index contributed by atoms with van der Waals surface area (Å²) in [5, 5.41) is 8.93. The Morgan fingerprint density at radius 1 is 1.14 bits per heavy atom. The summed E-state index contributed by atoms with van der Waals surface area (Å²) in [5.74, 6) is 0.832. The number of pyridine rings is 1. The maximum absolute atomic E-state index is 12.6. The third kappa shape index (κ3) is 4.75. The molecular formula is C19H21N7OS. The zero-order valence-corrected chi connectivity index (χ0v) is 16.2. The van der Waals surface area contributed by atoms with Crippen molar-refractivity contribution in [1.82, 2.24) is 30.2 Å². The molecule has 0 aliphatic carbocycles. The topological polar surface area (TPSA) is 95.9 Å². The van der Waals surface area contributed by atoms with Crippen molar-refractivity contribution in [1.29, 1.82) is 0 Å². The highest BCUT2D eigenvalue weighted by Crippen LogP contribution is 2.25. The molecule has 0 spiro atoms. The van der Waals surface area contributed by atoms with E-state index in [1.807, 2.05) is 23.6 Å². The summed E-state index contributed by atoms with van der Waals surface area (Å²) < 4.78 is 0. The lowest BCUT2D eigenvalue weighted by Gasteiger charge is -2.18. The highest BCUT2D eigenvalue weighted by atomic mass is 32.1. The minimum Gasteiger partial charge on any atom is -0.315 e. The molecule has 1 amide bonds. The maximum atomic E-state index is 12.6. The predicted molar refractivity (Wildman–Crippen MR) is 109 cm³/mol. The summed E-state index contributed by atoms with van der Waals surface area (Å²) in [6, 6.07) is 7.32. The molecule has 2 N–H and O–H groups in total. The van der Waals surface area contributed by atoms with Crippen molar-refractivity contribution in [2.24, 2.45) is 0 Å². The first kappa shape index (κ1) is 18.6. The Labute approximate surface area is 167 Å². The lowest BCUT2D eigenvalue weighted by atomic mass is 10.3. The number of carbonyl (C=O) groups excluding carboxylic acids is 1. The number of anilines is 1. The van der Waals surface area contributed by atoms with E-state index in [9.17, 15) is 4.79 Å². The molecule has 0 unspecified atom stereocenters. The van der Waals surface area contributed by atoms with Gasteiger partial charge in [-0.05, 0) is 31.6 Å². The Morgan fingerprint density at radius 2 is 2.11 bits per heavy atom. The Morgan fingerprint density at radius 3 is 2.93 bits per heavy atom. The summed E-state index contributed by atoms with van der Waals surface area (Å²) in [6.07, 6.45) is 4.47. The zero-order valence-electron chi connectivity index (χ0n) is 15.3. The van der Waals surface area contributed by atoms with Gasteiger partial charge in [-0.2, -0.15) is 0 Å². The second-order valence-corrected chi connectivity index (χ2v) is 7.34. The number of amides is 1. The van der Waals surface area contributed by atoms with Crippen LogP contribution in [0.3, 0.4) is 0 Å². The SMILES string of the molecule is O=C(CN1CCCNCC1)Nc1cc(-c2nccs2)nc(-c2ccccn2)n1. The molecule has 9 heteroatoms. The van der Waals surface area contributed by atoms with Crippen LogP contribution in [0.4, 0.5) is 5.82 Å². The van der Waals surface area contributed by atoms with Crippen LogP contribution in [0.15, 0.2) is 42.0 Å². The van der Waals surface area contributed by atoms with Crippen LogP contribution in [0.25, 0.3) is 22.2 Å². The normalized spacial score (nSPS) is 15.1. The van der Waals surface area contributed by atoms with Crippen molar-refractivity contribution in [2.75, 3.05) is 38.0 Å². The number of hydrogen-bond donors (Lipinski definition) is 2. The molecule has 8 nitrogen and oxygen atoms in total. The van der Waals surface area contributed by atoms with Crippen molar-refractivity contribution < 1.29 is 4.79 Å². The minimum atomic E-state index is -0.0855. The molecule has 3 aromatic heterocycles. The first-order valence-electron chi connectivity index (χ1n) is 9.21. The van der Waals surface area contributed by atoms with Crippen LogP contribution in [0.1, 0.15) is 6.42 Å². The average molecular weight is 395 g/mol. The van der Waals surface area contributed by atoms with E-state index in [0.29, 0.717) is 29.6 Å². The van der Waals surface area contributed by atoms with E-state index in [-0.39, 0.29) is 5.91 Å². The fourth-order valence-electron chi connectivity index (χ4n) is 3.03. The van der Waals surface area contributed by atoms with E-state index in [0.717, 1.165) is 37.6 Å². The van der Waals surface area contributed by atoms with Gasteiger partial charge in [0, 0.05) is 36.9 Å². The van der Waals surface area contributed by atoms with Crippen LogP contribution in [-0.2, 0) is 4.79 Å². The Bertz CT molecular complexity index is 909. The molecule has 0 bridgehead atoms. The zero-order chi connectivity index (χ0) is 19.2. The average Bonchev–Trinajstić information content (AvgIpc) is 3.14. The van der Waals surface area contributed by atoms with Gasteiger partial charge in [0.25, 0.3) is 0 Å². The quantitative estimate of drug-likeness (QED) is 0.681. The fraction of sp³-hybridized carbons (Fsp3) is 0.316. The molecular weight excluding hydrogens is 374 g/mol. The third-order valence-electron chi connectivity index (χ3n) is 4.34. The van der Waals surface area contributed by atoms with E-state index < -0.39 is 0 Å². The smallest absolute Gasteiger partial charge is 0.239 e. The van der Waals surface area contributed by atoms with Crippen LogP contribution in [0.5, 0.6) is 0 Å². The lowest BCUT2D eigenvalue weighted by Crippen LogP contribution is -2.35. The first-order chi connectivity index (χ1) is 13.8. The van der Waals surface area contributed by atoms with Gasteiger partial charge in [0.05, 0.1) is 6.54 Å². The fourth-order valence-corrected chi connectivity index (χ4v) is 3.62. The predicted octanol–water partition coefficient (Wildman–Crippen LogP) is 1.90. The third-order valence-corrected chi connectivity index (χ3v) is 5.13. The molecule has 28 heavy (non-hydrogen) atoms. The number of hydrogen-bond acceptors (Lipinski definition) is 8. The number of nitrogens with zero attached hydrogens (tertiary/aromatic N) is 5. The number of rotatable bonds is 5. The molecule has 144 valence electrons. The minimum absolute atomic E-state index is 0.0855. The summed E-state index contributed by atoms with van der Waals surface area (Å²) >= 11 is 1.49. The first-order valence-corrected chi connectivity index (χ1v) is 10.1. The van der Waals surface area contributed by atoms with Crippen molar-refractivity contribution >= 4 is 23.1 Å². The Kier molecular flexibility index (Phi) is 5.95. The molecule has 0 aromatic carbocycles. The van der Waals surface area contributed by atoms with Crippen molar-refractivity contribution in [2.45, 2.75) is 6.42 Å². The van der Waals surface area contributed by atoms with Crippen LogP contribution >= 0.6 is 11.3 Å². The van der Waals surface area contributed by atoms with Crippen molar-refractivity contribution in [3.05, 3.63) is 42.0 Å². The highest BCUT2D eigenvalue weighted by molar-refractivity contribution is 7.13. The molecule has 0 atom stereocenters. The van der Waals surface area contributed by atoms with E-state index in [4.69, 9.17) is 0 Å². The summed E-state index contributed by atoms with van der Waals surface area (Å²) in [6.45, 7) is 4.01. The number of carbonyl (C=O) groups is 1. The second-order valence-electron chi connectivity index (χ2n) is 6.44. The molecule has 1 aliphatic rings. The van der Waals surface area contributed by atoms with Crippen LogP contribution < -0.4 is 10.6 Å². The van der Waals surface area contributed by atoms with Crippen LogP contribution in [0.2, 0.25) is 0 Å². The Hall–Kier alpha value is -2.75. The van der Waals surface area contributed by atoms with Gasteiger partial charge in [-0.25, -0.2) is 15.0 Å². The van der Waals surface area contributed by atoms with Gasteiger partial charge in [-0.3, -0.25) is 14.7 Å². The Balaban J connectivity index is 1.57. The monoisotopic (exact) mass is 395 g/mol. The van der Waals surface area contributed by atoms with E-state index >= 15 is 0 Å². The van der Waals surface area contributed by atoms with E-state index in [2.05, 4.69) is 35.5 Å². The lowest BCUT2D eigenvalue weighted by molar-refractivity contribution is -0.117. The van der Waals surface area contributed by atoms with Gasteiger partial charge < -0.3 is 10.6 Å². The van der Waals surface area contributed by atoms with Gasteiger partial charge in [0.15, 0.2) is 5.82 Å². The maximum Gasteiger partial charge on any atom is 0.239 e.